The monoisotopic (exact) mass is 504 g/mol. The van der Waals surface area contributed by atoms with E-state index in [1.54, 1.807) is 31.0 Å². The van der Waals surface area contributed by atoms with Crippen molar-refractivity contribution in [3.05, 3.63) is 78.7 Å². The zero-order chi connectivity index (χ0) is 26.6. The second-order valence-corrected chi connectivity index (χ2v) is 9.48. The fourth-order valence-electron chi connectivity index (χ4n) is 4.32. The average Bonchev–Trinajstić information content (AvgIpc) is 3.52. The molecule has 5 aromatic rings. The number of amides is 1. The Morgan fingerprint density at radius 2 is 2.03 bits per heavy atom. The minimum absolute atomic E-state index is 0.0587. The van der Waals surface area contributed by atoms with Gasteiger partial charge in [0.05, 0.1) is 22.9 Å². The molecular weight excluding hydrogens is 476 g/mol. The molecule has 38 heavy (non-hydrogen) atoms. The molecule has 1 amide bonds. The van der Waals surface area contributed by atoms with Gasteiger partial charge in [0.15, 0.2) is 5.82 Å². The summed E-state index contributed by atoms with van der Waals surface area (Å²) in [5, 5.41) is 11.5. The number of allylic oxidation sites excluding steroid dienone is 2. The van der Waals surface area contributed by atoms with E-state index >= 15 is 0 Å². The van der Waals surface area contributed by atoms with Gasteiger partial charge in [-0.15, -0.1) is 0 Å². The van der Waals surface area contributed by atoms with Crippen LogP contribution >= 0.6 is 0 Å². The fourth-order valence-corrected chi connectivity index (χ4v) is 4.32. The first kappa shape index (κ1) is 24.8. The molecule has 4 heterocycles. The van der Waals surface area contributed by atoms with Gasteiger partial charge in [-0.1, -0.05) is 26.0 Å². The Morgan fingerprint density at radius 3 is 2.79 bits per heavy atom. The van der Waals surface area contributed by atoms with Gasteiger partial charge in [0, 0.05) is 47.7 Å². The summed E-state index contributed by atoms with van der Waals surface area (Å²) in [4.78, 5) is 33.0. The van der Waals surface area contributed by atoms with Crippen molar-refractivity contribution in [3.8, 4) is 22.6 Å². The third-order valence-corrected chi connectivity index (χ3v) is 6.09. The van der Waals surface area contributed by atoms with Gasteiger partial charge in [0.2, 0.25) is 5.91 Å². The van der Waals surface area contributed by atoms with E-state index in [1.807, 2.05) is 51.1 Å². The number of nitrogens with one attached hydrogen (secondary N) is 3. The maximum absolute atomic E-state index is 12.3. The van der Waals surface area contributed by atoms with Crippen LogP contribution in [0.4, 0.5) is 0 Å². The van der Waals surface area contributed by atoms with Crippen molar-refractivity contribution in [2.24, 2.45) is 10.9 Å². The minimum Gasteiger partial charge on any atom is -0.335 e. The van der Waals surface area contributed by atoms with Gasteiger partial charge >= 0.3 is 0 Å². The first-order valence-electron chi connectivity index (χ1n) is 12.3. The topological polar surface area (TPSA) is 125 Å². The lowest BCUT2D eigenvalue weighted by Gasteiger charge is -2.09. The predicted molar refractivity (Wildman–Crippen MR) is 151 cm³/mol. The van der Waals surface area contributed by atoms with Gasteiger partial charge in [0.1, 0.15) is 11.2 Å². The summed E-state index contributed by atoms with van der Waals surface area (Å²) in [5.74, 6) is 0.839. The number of carbonyl (C=O) groups is 1. The van der Waals surface area contributed by atoms with Crippen molar-refractivity contribution in [2.75, 3.05) is 0 Å². The van der Waals surface area contributed by atoms with Gasteiger partial charge in [-0.3, -0.25) is 24.9 Å². The smallest absolute Gasteiger partial charge is 0.224 e. The first-order valence-corrected chi connectivity index (χ1v) is 12.3. The Balaban J connectivity index is 1.51. The molecule has 0 saturated heterocycles. The Bertz CT molecular complexity index is 1690. The summed E-state index contributed by atoms with van der Waals surface area (Å²) < 4.78 is 0. The van der Waals surface area contributed by atoms with E-state index < -0.39 is 0 Å². The molecule has 3 N–H and O–H groups in total. The summed E-state index contributed by atoms with van der Waals surface area (Å²) in [7, 11) is 0. The molecule has 0 aliphatic rings. The van der Waals surface area contributed by atoms with Crippen LogP contribution < -0.4 is 5.32 Å². The number of hydrogen-bond donors (Lipinski definition) is 3. The summed E-state index contributed by atoms with van der Waals surface area (Å²) >= 11 is 0. The highest BCUT2D eigenvalue weighted by molar-refractivity contribution is 5.97. The van der Waals surface area contributed by atoms with Crippen molar-refractivity contribution in [1.82, 2.24) is 35.5 Å². The Labute approximate surface area is 219 Å². The Morgan fingerprint density at radius 1 is 1.16 bits per heavy atom. The van der Waals surface area contributed by atoms with E-state index in [2.05, 4.69) is 48.2 Å². The molecule has 9 nitrogen and oxygen atoms in total. The number of aromatic amines is 2. The van der Waals surface area contributed by atoms with Gasteiger partial charge in [-0.25, -0.2) is 4.98 Å². The third-order valence-electron chi connectivity index (χ3n) is 6.09. The lowest BCUT2D eigenvalue weighted by atomic mass is 10.0. The van der Waals surface area contributed by atoms with Crippen molar-refractivity contribution >= 4 is 40.1 Å². The molecule has 190 valence electrons. The third kappa shape index (κ3) is 5.12. The highest BCUT2D eigenvalue weighted by Crippen LogP contribution is 2.31. The van der Waals surface area contributed by atoms with Crippen LogP contribution in [0.1, 0.15) is 32.8 Å². The van der Waals surface area contributed by atoms with Crippen LogP contribution in [-0.4, -0.2) is 42.8 Å². The maximum atomic E-state index is 12.3. The number of aliphatic imine (C=N–C) groups is 1. The zero-order valence-electron chi connectivity index (χ0n) is 21.5. The predicted octanol–water partition coefficient (Wildman–Crippen LogP) is 5.67. The summed E-state index contributed by atoms with van der Waals surface area (Å²) in [6.07, 6.45) is 11.0. The number of carbonyl (C=O) groups excluding carboxylic acids is 1. The fraction of sp³-hybridized carbons (Fsp3) is 0.172. The molecule has 0 saturated carbocycles. The largest absolute Gasteiger partial charge is 0.335 e. The van der Waals surface area contributed by atoms with Crippen LogP contribution in [0.5, 0.6) is 0 Å². The molecular formula is C29H28N8O. The molecule has 0 fully saturated rings. The molecule has 0 aliphatic heterocycles. The molecule has 4 aromatic heterocycles. The number of hydrogen-bond acceptors (Lipinski definition) is 6. The summed E-state index contributed by atoms with van der Waals surface area (Å²) in [6, 6.07) is 9.92. The molecule has 0 radical (unpaired) electrons. The van der Waals surface area contributed by atoms with Gasteiger partial charge < -0.3 is 10.3 Å². The lowest BCUT2D eigenvalue weighted by molar-refractivity contribution is -0.121. The number of imidazole rings is 1. The minimum atomic E-state index is -0.0587. The number of pyridine rings is 2. The maximum Gasteiger partial charge on any atom is 0.224 e. The van der Waals surface area contributed by atoms with E-state index in [-0.39, 0.29) is 11.8 Å². The van der Waals surface area contributed by atoms with Crippen LogP contribution in [0.25, 0.3) is 50.2 Å². The SMILES string of the molecule is C=N/C=C(\C=C(/C)c1ccc2[nH]nc(-c3nc4c(-c5cccnc5)cncc4[nH]3)c2c1)NC(=O)CC(C)C. The Kier molecular flexibility index (Phi) is 6.90. The number of nitrogens with zero attached hydrogens (tertiary/aromatic N) is 5. The second-order valence-electron chi connectivity index (χ2n) is 9.48. The van der Waals surface area contributed by atoms with E-state index in [0.29, 0.717) is 23.6 Å². The molecule has 0 spiro atoms. The number of aromatic nitrogens is 6. The van der Waals surface area contributed by atoms with Crippen molar-refractivity contribution < 1.29 is 4.79 Å². The van der Waals surface area contributed by atoms with Crippen LogP contribution in [0, 0.1) is 5.92 Å². The highest BCUT2D eigenvalue weighted by Gasteiger charge is 2.16. The zero-order valence-corrected chi connectivity index (χ0v) is 21.5. The molecule has 9 heteroatoms. The first-order chi connectivity index (χ1) is 18.4. The summed E-state index contributed by atoms with van der Waals surface area (Å²) in [6.45, 7) is 9.53. The van der Waals surface area contributed by atoms with Crippen molar-refractivity contribution in [1.29, 1.82) is 0 Å². The molecule has 0 atom stereocenters. The standard InChI is InChI=1S/C29H28N8O/c1-17(2)10-26(38)33-21(14-30-4)11-18(3)19-7-8-24-22(12-19)28(37-36-24)29-34-25-16-32-15-23(27(25)35-29)20-6-5-9-31-13-20/h5-9,11-17H,4,10H2,1-3H3,(H,33,38)(H,34,35)(H,36,37)/b18-11+,21-14+. The number of fused-ring (bicyclic) bond motifs is 2. The van der Waals surface area contributed by atoms with Crippen LogP contribution in [0.15, 0.2) is 78.1 Å². The normalized spacial score (nSPS) is 12.4. The van der Waals surface area contributed by atoms with Crippen LogP contribution in [0.2, 0.25) is 0 Å². The van der Waals surface area contributed by atoms with Crippen molar-refractivity contribution in [2.45, 2.75) is 27.2 Å². The molecule has 1 aromatic carbocycles. The molecule has 0 aliphatic carbocycles. The molecule has 0 bridgehead atoms. The molecule has 0 unspecified atom stereocenters. The number of H-pyrrole nitrogens is 2. The number of rotatable bonds is 8. The van der Waals surface area contributed by atoms with Gasteiger partial charge in [0.25, 0.3) is 0 Å². The second kappa shape index (κ2) is 10.6. The summed E-state index contributed by atoms with van der Waals surface area (Å²) in [5.41, 5.74) is 7.55. The van der Waals surface area contributed by atoms with E-state index in [4.69, 9.17) is 4.98 Å². The lowest BCUT2D eigenvalue weighted by Crippen LogP contribution is -2.23. The van der Waals surface area contributed by atoms with Crippen LogP contribution in [-0.2, 0) is 4.79 Å². The van der Waals surface area contributed by atoms with Gasteiger partial charge in [-0.05, 0) is 55.0 Å². The van der Waals surface area contributed by atoms with E-state index in [1.165, 1.54) is 0 Å². The quantitative estimate of drug-likeness (QED) is 0.185. The van der Waals surface area contributed by atoms with E-state index in [0.717, 1.165) is 44.2 Å². The average molecular weight is 505 g/mol. The molecule has 5 rings (SSSR count). The van der Waals surface area contributed by atoms with Crippen molar-refractivity contribution in [3.63, 3.8) is 0 Å². The van der Waals surface area contributed by atoms with Gasteiger partial charge in [-0.2, -0.15) is 5.10 Å². The van der Waals surface area contributed by atoms with Crippen LogP contribution in [0.3, 0.4) is 0 Å². The highest BCUT2D eigenvalue weighted by atomic mass is 16.1. The van der Waals surface area contributed by atoms with E-state index in [9.17, 15) is 4.79 Å². The Hall–Kier alpha value is -4.92. The number of benzene rings is 1.